The van der Waals surface area contributed by atoms with Gasteiger partial charge < -0.3 is 4.90 Å². The van der Waals surface area contributed by atoms with Gasteiger partial charge in [0.2, 0.25) is 0 Å². The second-order valence-electron chi connectivity index (χ2n) is 7.98. The zero-order valence-corrected chi connectivity index (χ0v) is 21.6. The minimum absolute atomic E-state index is 0.125. The van der Waals surface area contributed by atoms with Crippen molar-refractivity contribution in [3.63, 3.8) is 0 Å². The SMILES string of the molecule is C/C(=C1\SC(=N)N(Cc2ccccc2)C1=O)N(C)c1ccccc1S.CCCc1ccccc1. The van der Waals surface area contributed by atoms with Crippen molar-refractivity contribution >= 4 is 41.2 Å². The summed E-state index contributed by atoms with van der Waals surface area (Å²) in [5.74, 6) is -0.125. The number of anilines is 1. The van der Waals surface area contributed by atoms with E-state index in [0.29, 0.717) is 11.4 Å². The highest BCUT2D eigenvalue weighted by molar-refractivity contribution is 8.18. The molecule has 0 radical (unpaired) electrons. The Balaban J connectivity index is 0.000000302. The van der Waals surface area contributed by atoms with Crippen molar-refractivity contribution in [2.24, 2.45) is 0 Å². The van der Waals surface area contributed by atoms with Crippen LogP contribution >= 0.6 is 24.4 Å². The van der Waals surface area contributed by atoms with Gasteiger partial charge in [-0.2, -0.15) is 0 Å². The summed E-state index contributed by atoms with van der Waals surface area (Å²) < 4.78 is 0. The molecule has 1 amide bonds. The summed E-state index contributed by atoms with van der Waals surface area (Å²) >= 11 is 5.70. The second-order valence-corrected chi connectivity index (χ2v) is 9.46. The van der Waals surface area contributed by atoms with Crippen LogP contribution in [0.5, 0.6) is 0 Å². The lowest BCUT2D eigenvalue weighted by molar-refractivity contribution is -0.122. The van der Waals surface area contributed by atoms with Gasteiger partial charge in [-0.05, 0) is 48.4 Å². The molecule has 1 saturated heterocycles. The molecule has 1 aliphatic rings. The minimum atomic E-state index is -0.125. The van der Waals surface area contributed by atoms with Crippen LogP contribution in [0.4, 0.5) is 5.69 Å². The molecule has 3 aromatic carbocycles. The molecule has 0 bridgehead atoms. The van der Waals surface area contributed by atoms with Crippen LogP contribution in [0.15, 0.2) is 100 Å². The summed E-state index contributed by atoms with van der Waals surface area (Å²) in [6, 6.07) is 28.1. The van der Waals surface area contributed by atoms with Crippen LogP contribution < -0.4 is 4.90 Å². The fourth-order valence-corrected chi connectivity index (χ4v) is 4.81. The number of nitrogens with zero attached hydrogens (tertiary/aromatic N) is 2. The van der Waals surface area contributed by atoms with Crippen molar-refractivity contribution in [1.82, 2.24) is 4.90 Å². The lowest BCUT2D eigenvalue weighted by atomic mass is 10.1. The van der Waals surface area contributed by atoms with Crippen molar-refractivity contribution in [2.45, 2.75) is 38.1 Å². The number of hydrogen-bond acceptors (Lipinski definition) is 5. The van der Waals surface area contributed by atoms with Crippen LogP contribution in [-0.4, -0.2) is 23.0 Å². The number of carbonyl (C=O) groups is 1. The number of para-hydroxylation sites is 1. The molecule has 1 fully saturated rings. The average Bonchev–Trinajstić information content (AvgIpc) is 3.14. The molecule has 0 saturated carbocycles. The Morgan fingerprint density at radius 3 is 2.09 bits per heavy atom. The predicted octanol–water partition coefficient (Wildman–Crippen LogP) is 6.99. The maximum atomic E-state index is 12.8. The Bertz CT molecular complexity index is 1150. The van der Waals surface area contributed by atoms with E-state index in [2.05, 4.69) is 49.9 Å². The maximum absolute atomic E-state index is 12.8. The van der Waals surface area contributed by atoms with Gasteiger partial charge >= 0.3 is 0 Å². The molecular weight excluding hydrogens is 458 g/mol. The minimum Gasteiger partial charge on any atom is -0.346 e. The topological polar surface area (TPSA) is 47.4 Å². The Kier molecular flexibility index (Phi) is 9.42. The zero-order valence-electron chi connectivity index (χ0n) is 19.9. The van der Waals surface area contributed by atoms with Gasteiger partial charge in [-0.25, -0.2) is 0 Å². The molecule has 1 heterocycles. The maximum Gasteiger partial charge on any atom is 0.268 e. The van der Waals surface area contributed by atoms with Gasteiger partial charge in [0.15, 0.2) is 5.17 Å². The molecule has 34 heavy (non-hydrogen) atoms. The quantitative estimate of drug-likeness (QED) is 0.290. The van der Waals surface area contributed by atoms with Crippen molar-refractivity contribution in [3.05, 3.63) is 107 Å². The summed E-state index contributed by atoms with van der Waals surface area (Å²) in [5, 5.41) is 8.46. The highest BCUT2D eigenvalue weighted by Gasteiger charge is 2.34. The van der Waals surface area contributed by atoms with Crippen molar-refractivity contribution < 1.29 is 4.79 Å². The fraction of sp³-hybridized carbons (Fsp3) is 0.214. The first-order chi connectivity index (χ1) is 16.4. The lowest BCUT2D eigenvalue weighted by Gasteiger charge is -2.22. The second kappa shape index (κ2) is 12.5. The van der Waals surface area contributed by atoms with Crippen LogP contribution in [0.2, 0.25) is 0 Å². The number of thiol groups is 1. The first kappa shape index (κ1) is 25.7. The van der Waals surface area contributed by atoms with Crippen molar-refractivity contribution in [1.29, 1.82) is 5.41 Å². The molecule has 0 spiro atoms. The Morgan fingerprint density at radius 2 is 1.50 bits per heavy atom. The van der Waals surface area contributed by atoms with Gasteiger partial charge in [-0.1, -0.05) is 86.1 Å². The molecular formula is C28H31N3OS2. The van der Waals surface area contributed by atoms with Gasteiger partial charge in [0.25, 0.3) is 5.91 Å². The highest BCUT2D eigenvalue weighted by atomic mass is 32.2. The molecule has 4 nitrogen and oxygen atoms in total. The standard InChI is InChI=1S/C19H19N3OS2.C9H12/c1-13(21(2)15-10-6-7-11-16(15)24)17-18(23)22(19(20)25-17)12-14-8-4-3-5-9-14;1-2-6-9-7-4-3-5-8-9/h3-11,20,24H,12H2,1-2H3;3-5,7-8H,2,6H2,1H3/b17-13+,20-19?;. The van der Waals surface area contributed by atoms with Crippen LogP contribution in [0, 0.1) is 5.41 Å². The lowest BCUT2D eigenvalue weighted by Crippen LogP contribution is -2.29. The molecule has 176 valence electrons. The number of amides is 1. The Morgan fingerprint density at radius 1 is 0.941 bits per heavy atom. The van der Waals surface area contributed by atoms with E-state index in [4.69, 9.17) is 5.41 Å². The molecule has 3 aromatic rings. The van der Waals surface area contributed by atoms with E-state index in [-0.39, 0.29) is 11.1 Å². The van der Waals surface area contributed by atoms with Gasteiger partial charge in [-0.3, -0.25) is 15.1 Å². The monoisotopic (exact) mass is 489 g/mol. The van der Waals surface area contributed by atoms with E-state index in [9.17, 15) is 4.79 Å². The van der Waals surface area contributed by atoms with Crippen molar-refractivity contribution in [2.75, 3.05) is 11.9 Å². The summed E-state index contributed by atoms with van der Waals surface area (Å²) in [6.45, 7) is 4.52. The van der Waals surface area contributed by atoms with E-state index in [1.807, 2.05) is 73.5 Å². The summed E-state index contributed by atoms with van der Waals surface area (Å²) in [5.41, 5.74) is 4.20. The number of allylic oxidation sites excluding steroid dienone is 1. The third-order valence-electron chi connectivity index (χ3n) is 5.52. The van der Waals surface area contributed by atoms with Crippen LogP contribution in [0.3, 0.4) is 0 Å². The summed E-state index contributed by atoms with van der Waals surface area (Å²) in [4.78, 5) is 17.7. The van der Waals surface area contributed by atoms with Gasteiger partial charge in [0.1, 0.15) is 0 Å². The Hall–Kier alpha value is -2.96. The molecule has 0 atom stereocenters. The number of carbonyl (C=O) groups excluding carboxylic acids is 1. The van der Waals surface area contributed by atoms with Crippen molar-refractivity contribution in [3.8, 4) is 0 Å². The van der Waals surface area contributed by atoms with E-state index >= 15 is 0 Å². The van der Waals surface area contributed by atoms with E-state index < -0.39 is 0 Å². The van der Waals surface area contributed by atoms with Gasteiger partial charge in [0, 0.05) is 17.6 Å². The normalized spacial score (nSPS) is 14.5. The van der Waals surface area contributed by atoms with Gasteiger partial charge in [0.05, 0.1) is 17.1 Å². The third-order valence-corrected chi connectivity index (χ3v) is 6.99. The number of rotatable bonds is 6. The number of amidine groups is 1. The number of nitrogens with one attached hydrogen (secondary N) is 1. The molecule has 1 aliphatic heterocycles. The predicted molar refractivity (Wildman–Crippen MR) is 148 cm³/mol. The van der Waals surface area contributed by atoms with Gasteiger partial charge in [-0.15, -0.1) is 12.6 Å². The molecule has 1 N–H and O–H groups in total. The highest BCUT2D eigenvalue weighted by Crippen LogP contribution is 2.36. The zero-order chi connectivity index (χ0) is 24.5. The van der Waals surface area contributed by atoms with Crippen LogP contribution in [0.25, 0.3) is 0 Å². The molecule has 4 rings (SSSR count). The smallest absolute Gasteiger partial charge is 0.268 e. The number of benzene rings is 3. The number of aryl methyl sites for hydroxylation is 1. The first-order valence-corrected chi connectivity index (χ1v) is 12.6. The van der Waals surface area contributed by atoms with Crippen LogP contribution in [-0.2, 0) is 17.8 Å². The largest absolute Gasteiger partial charge is 0.346 e. The fourth-order valence-electron chi connectivity index (χ4n) is 3.56. The summed E-state index contributed by atoms with van der Waals surface area (Å²) in [7, 11) is 1.91. The first-order valence-electron chi connectivity index (χ1n) is 11.3. The Labute approximate surface area is 212 Å². The van der Waals surface area contributed by atoms with E-state index in [1.54, 1.807) is 0 Å². The summed E-state index contributed by atoms with van der Waals surface area (Å²) in [6.07, 6.45) is 2.45. The third kappa shape index (κ3) is 6.55. The average molecular weight is 490 g/mol. The van der Waals surface area contributed by atoms with E-state index in [0.717, 1.165) is 21.8 Å². The molecule has 0 aromatic heterocycles. The molecule has 0 unspecified atom stereocenters. The van der Waals surface area contributed by atoms with E-state index in [1.165, 1.54) is 35.1 Å². The van der Waals surface area contributed by atoms with Crippen LogP contribution in [0.1, 0.15) is 31.4 Å². The molecule has 0 aliphatic carbocycles. The number of thioether (sulfide) groups is 1. The molecule has 6 heteroatoms. The number of hydrogen-bond donors (Lipinski definition) is 2.